The molecule has 3 atom stereocenters. The third-order valence-electron chi connectivity index (χ3n) is 5.96. The lowest BCUT2D eigenvalue weighted by atomic mass is 10.5. The van der Waals surface area contributed by atoms with Crippen LogP contribution in [-0.4, -0.2) is 104 Å². The minimum absolute atomic E-state index is 0.0279. The molecule has 0 fully saturated rings. The van der Waals surface area contributed by atoms with Crippen LogP contribution in [-0.2, 0) is 32.8 Å². The van der Waals surface area contributed by atoms with Crippen molar-refractivity contribution in [1.82, 2.24) is 0 Å². The van der Waals surface area contributed by atoms with Gasteiger partial charge >= 0.3 is 0 Å². The monoisotopic (exact) mass is 500 g/mol. The van der Waals surface area contributed by atoms with Gasteiger partial charge in [-0.2, -0.15) is 0 Å². The second-order valence-corrected chi connectivity index (χ2v) is 20.3. The molecule has 0 amide bonds. The van der Waals surface area contributed by atoms with E-state index in [0.717, 1.165) is 18.1 Å². The molecule has 182 valence electrons. The number of rotatable bonds is 19. The van der Waals surface area contributed by atoms with E-state index in [1.165, 1.54) is 0 Å². The predicted molar refractivity (Wildman–Crippen MR) is 135 cm³/mol. The molecule has 3 unspecified atom stereocenters. The summed E-state index contributed by atoms with van der Waals surface area (Å²) in [4.78, 5) is 0. The summed E-state index contributed by atoms with van der Waals surface area (Å²) < 4.78 is 39.5. The van der Waals surface area contributed by atoms with Crippen molar-refractivity contribution in [3.05, 3.63) is 0 Å². The Kier molecular flexibility index (Phi) is 17.5. The molecule has 11 heteroatoms. The Hall–Kier alpha value is 0.588. The minimum atomic E-state index is -1.96. The minimum Gasteiger partial charge on any atom is -0.420 e. The van der Waals surface area contributed by atoms with Gasteiger partial charge in [-0.3, -0.25) is 0 Å². The van der Waals surface area contributed by atoms with Gasteiger partial charge in [-0.05, 0) is 34.8 Å². The van der Waals surface area contributed by atoms with Crippen LogP contribution in [0.1, 0.15) is 20.8 Å². The second kappa shape index (κ2) is 17.1. The van der Waals surface area contributed by atoms with Crippen LogP contribution in [0.5, 0.6) is 0 Å². The summed E-state index contributed by atoms with van der Waals surface area (Å²) in [5.41, 5.74) is 1.81. The highest BCUT2D eigenvalue weighted by molar-refractivity contribution is 6.76. The van der Waals surface area contributed by atoms with Gasteiger partial charge in [0, 0.05) is 49.8 Å². The Balaban J connectivity index is 5.39. The number of methoxy groups -OCH3 is 6. The molecule has 7 nitrogen and oxygen atoms in total. The van der Waals surface area contributed by atoms with E-state index in [9.17, 15) is 0 Å². The molecule has 0 aliphatic carbocycles. The molecule has 0 spiro atoms. The van der Waals surface area contributed by atoms with Crippen LogP contribution in [0.25, 0.3) is 0 Å². The van der Waals surface area contributed by atoms with Crippen molar-refractivity contribution < 1.29 is 32.8 Å². The van der Waals surface area contributed by atoms with Crippen molar-refractivity contribution in [1.29, 1.82) is 0 Å². The Bertz CT molecular complexity index is 355. The largest absolute Gasteiger partial charge is 0.420 e. The molecule has 0 heterocycles. The van der Waals surface area contributed by atoms with E-state index >= 15 is 0 Å². The Labute approximate surface area is 192 Å². The summed E-state index contributed by atoms with van der Waals surface area (Å²) in [5, 5.41) is 0. The van der Waals surface area contributed by atoms with Crippen molar-refractivity contribution in [2.75, 3.05) is 49.8 Å². The Morgan fingerprint density at radius 1 is 0.500 bits per heavy atom. The maximum atomic E-state index is 6.46. The molecule has 0 radical (unpaired) electrons. The van der Waals surface area contributed by atoms with Gasteiger partial charge in [0.05, 0.1) is 28.6 Å². The molecule has 0 bridgehead atoms. The molecule has 30 heavy (non-hydrogen) atoms. The first-order valence-electron chi connectivity index (χ1n) is 10.9. The third-order valence-corrected chi connectivity index (χ3v) is 19.3. The molecule has 0 aromatic carbocycles. The molecule has 0 rings (SSSR count). The molecular formula is C19H48O7Si4. The van der Waals surface area contributed by atoms with E-state index in [-0.39, 0.29) is 17.7 Å². The average Bonchev–Trinajstić information content (AvgIpc) is 2.73. The van der Waals surface area contributed by atoms with Crippen molar-refractivity contribution >= 4 is 36.9 Å². The van der Waals surface area contributed by atoms with Crippen LogP contribution in [0.2, 0.25) is 34.8 Å². The SMILES string of the molecule is COC(OC)[SiH2]C(C)C[Si](CC(C)[SiH2]C(OC)OC)(CC(C)[SiH2]C(OC)OC)OC. The summed E-state index contributed by atoms with van der Waals surface area (Å²) in [6, 6.07) is 3.48. The fourth-order valence-electron chi connectivity index (χ4n) is 4.51. The quantitative estimate of drug-likeness (QED) is 0.195. The van der Waals surface area contributed by atoms with Crippen LogP contribution >= 0.6 is 0 Å². The molecule has 0 aliphatic rings. The van der Waals surface area contributed by atoms with Gasteiger partial charge in [-0.1, -0.05) is 20.8 Å². The molecule has 0 aromatic rings. The third kappa shape index (κ3) is 12.0. The Morgan fingerprint density at radius 3 is 0.900 bits per heavy atom. The number of hydrogen-bond donors (Lipinski definition) is 0. The topological polar surface area (TPSA) is 64.6 Å². The predicted octanol–water partition coefficient (Wildman–Crippen LogP) is 1.24. The van der Waals surface area contributed by atoms with Crippen molar-refractivity contribution in [2.45, 2.75) is 73.3 Å². The lowest BCUT2D eigenvalue weighted by Gasteiger charge is -2.37. The van der Waals surface area contributed by atoms with Gasteiger partial charge in [-0.25, -0.2) is 0 Å². The zero-order valence-corrected chi connectivity index (χ0v) is 26.3. The summed E-state index contributed by atoms with van der Waals surface area (Å²) in [6.45, 7) is 7.05. The van der Waals surface area contributed by atoms with E-state index in [0.29, 0.717) is 16.6 Å². The zero-order valence-electron chi connectivity index (χ0n) is 21.1. The van der Waals surface area contributed by atoms with Gasteiger partial charge in [-0.15, -0.1) is 0 Å². The first-order chi connectivity index (χ1) is 14.2. The maximum absolute atomic E-state index is 6.46. The first-order valence-corrected chi connectivity index (χ1v) is 18.4. The van der Waals surface area contributed by atoms with E-state index in [1.807, 2.05) is 7.11 Å². The average molecular weight is 501 g/mol. The zero-order chi connectivity index (χ0) is 23.2. The molecular weight excluding hydrogens is 453 g/mol. The van der Waals surface area contributed by atoms with Gasteiger partial charge in [0.1, 0.15) is 17.7 Å². The molecule has 0 N–H and O–H groups in total. The summed E-state index contributed by atoms with van der Waals surface area (Å²) in [7, 11) is 8.79. The summed E-state index contributed by atoms with van der Waals surface area (Å²) in [5.74, 6) is -0.0837. The van der Waals surface area contributed by atoms with Gasteiger partial charge < -0.3 is 32.8 Å². The van der Waals surface area contributed by atoms with Gasteiger partial charge in [0.2, 0.25) is 0 Å². The van der Waals surface area contributed by atoms with Crippen LogP contribution in [0.15, 0.2) is 0 Å². The summed E-state index contributed by atoms with van der Waals surface area (Å²) in [6.07, 6.45) is 0. The fourth-order valence-corrected chi connectivity index (χ4v) is 19.2. The molecule has 0 saturated heterocycles. The fraction of sp³-hybridized carbons (Fsp3) is 1.00. The van der Waals surface area contributed by atoms with Crippen molar-refractivity contribution in [3.8, 4) is 0 Å². The molecule has 0 aromatic heterocycles. The Morgan fingerprint density at radius 2 is 0.733 bits per heavy atom. The van der Waals surface area contributed by atoms with Crippen LogP contribution in [0.4, 0.5) is 0 Å². The highest BCUT2D eigenvalue weighted by Crippen LogP contribution is 2.38. The van der Waals surface area contributed by atoms with Crippen molar-refractivity contribution in [2.24, 2.45) is 0 Å². The van der Waals surface area contributed by atoms with E-state index in [2.05, 4.69) is 20.8 Å². The molecule has 0 saturated carbocycles. The van der Waals surface area contributed by atoms with Crippen LogP contribution in [0.3, 0.4) is 0 Å². The van der Waals surface area contributed by atoms with E-state index in [1.54, 1.807) is 42.7 Å². The second-order valence-electron chi connectivity index (χ2n) is 8.73. The number of ether oxygens (including phenoxy) is 6. The summed E-state index contributed by atoms with van der Waals surface area (Å²) >= 11 is 0. The van der Waals surface area contributed by atoms with Gasteiger partial charge in [0.25, 0.3) is 0 Å². The maximum Gasteiger partial charge on any atom is 0.192 e. The smallest absolute Gasteiger partial charge is 0.192 e. The lowest BCUT2D eigenvalue weighted by molar-refractivity contribution is -0.0447. The lowest BCUT2D eigenvalue weighted by Crippen LogP contribution is -2.43. The normalized spacial score (nSPS) is 18.7. The van der Waals surface area contributed by atoms with E-state index < -0.39 is 36.9 Å². The van der Waals surface area contributed by atoms with Crippen molar-refractivity contribution in [3.63, 3.8) is 0 Å². The highest BCUT2D eigenvalue weighted by Gasteiger charge is 2.40. The molecule has 0 aliphatic heterocycles. The van der Waals surface area contributed by atoms with Crippen LogP contribution < -0.4 is 0 Å². The van der Waals surface area contributed by atoms with Gasteiger partial charge in [0.15, 0.2) is 8.32 Å². The number of hydrogen-bond acceptors (Lipinski definition) is 7. The highest BCUT2D eigenvalue weighted by atomic mass is 28.4. The standard InChI is InChI=1S/C19H48O7Si4/c1-14(27-17(20-4)21-5)11-30(26-10,12-15(2)28-18(22-6)23-7)13-16(3)29-19(24-8)25-9/h14-19H,11-13,27-29H2,1-10H3. The van der Waals surface area contributed by atoms with Crippen LogP contribution in [0, 0.1) is 0 Å². The van der Waals surface area contributed by atoms with E-state index in [4.69, 9.17) is 32.8 Å². The first kappa shape index (κ1) is 30.6.